The molecule has 10 rings (SSSR count). The Morgan fingerprint density at radius 1 is 0.308 bits per heavy atom. The minimum absolute atomic E-state index is 0.631. The van der Waals surface area contributed by atoms with Crippen LogP contribution < -0.4 is 0 Å². The van der Waals surface area contributed by atoms with Crippen molar-refractivity contribution in [2.45, 2.75) is 0 Å². The molecule has 4 heteroatoms. The predicted octanol–water partition coefficient (Wildman–Crippen LogP) is 12.2. The number of aromatic nitrogens is 4. The minimum Gasteiger partial charge on any atom is -0.256 e. The summed E-state index contributed by atoms with van der Waals surface area (Å²) in [6.45, 7) is 0. The molecular weight excluding hydrogens is 633 g/mol. The highest BCUT2D eigenvalue weighted by Gasteiger charge is 2.15. The van der Waals surface area contributed by atoms with Gasteiger partial charge < -0.3 is 0 Å². The number of rotatable bonds is 5. The smallest absolute Gasteiger partial charge is 0.164 e. The highest BCUT2D eigenvalue weighted by molar-refractivity contribution is 6.23. The summed E-state index contributed by atoms with van der Waals surface area (Å²) in [4.78, 5) is 19.5. The quantitative estimate of drug-likeness (QED) is 0.172. The number of para-hydroxylation sites is 1. The SMILES string of the molecule is c1ccc(-c2nc(-c3ccc(-c4ccnc5ccccc45)cc3)nc(-c3ccc(-c4cc5ccc6ccccc6c5c5ccccc45)cc3)n2)cc1. The maximum Gasteiger partial charge on any atom is 0.164 e. The van der Waals surface area contributed by atoms with Gasteiger partial charge in [-0.15, -0.1) is 0 Å². The van der Waals surface area contributed by atoms with Gasteiger partial charge in [-0.05, 0) is 72.8 Å². The van der Waals surface area contributed by atoms with Crippen LogP contribution in [0.15, 0.2) is 182 Å². The molecule has 0 saturated carbocycles. The first-order chi connectivity index (χ1) is 25.8. The number of benzene rings is 8. The molecule has 0 aliphatic heterocycles. The zero-order valence-electron chi connectivity index (χ0n) is 28.1. The van der Waals surface area contributed by atoms with Crippen LogP contribution in [0, 0.1) is 0 Å². The first-order valence-corrected chi connectivity index (χ1v) is 17.5. The van der Waals surface area contributed by atoms with Crippen LogP contribution >= 0.6 is 0 Å². The van der Waals surface area contributed by atoms with Crippen LogP contribution in [-0.4, -0.2) is 19.9 Å². The Hall–Kier alpha value is -7.04. The Bertz CT molecular complexity index is 2930. The normalized spacial score (nSPS) is 11.5. The molecule has 0 spiro atoms. The summed E-state index contributed by atoms with van der Waals surface area (Å²) in [7, 11) is 0. The Morgan fingerprint density at radius 3 is 1.50 bits per heavy atom. The number of hydrogen-bond acceptors (Lipinski definition) is 4. The molecule has 4 nitrogen and oxygen atoms in total. The van der Waals surface area contributed by atoms with E-state index in [1.807, 2.05) is 48.7 Å². The van der Waals surface area contributed by atoms with Gasteiger partial charge in [0.2, 0.25) is 0 Å². The van der Waals surface area contributed by atoms with E-state index in [1.165, 1.54) is 37.9 Å². The lowest BCUT2D eigenvalue weighted by molar-refractivity contribution is 1.07. The van der Waals surface area contributed by atoms with Crippen LogP contribution in [0.25, 0.3) is 99.6 Å². The summed E-state index contributed by atoms with van der Waals surface area (Å²) in [6, 6.07) is 61.6. The fourth-order valence-corrected chi connectivity index (χ4v) is 7.41. The molecule has 2 heterocycles. The second kappa shape index (κ2) is 12.4. The minimum atomic E-state index is 0.631. The van der Waals surface area contributed by atoms with Crippen LogP contribution in [0.5, 0.6) is 0 Å². The van der Waals surface area contributed by atoms with Gasteiger partial charge in [-0.1, -0.05) is 158 Å². The van der Waals surface area contributed by atoms with Crippen molar-refractivity contribution in [2.24, 2.45) is 0 Å². The third-order valence-electron chi connectivity index (χ3n) is 9.97. The molecule has 10 aromatic rings. The Morgan fingerprint density at radius 2 is 0.808 bits per heavy atom. The van der Waals surface area contributed by atoms with Gasteiger partial charge in [0.05, 0.1) is 5.52 Å². The van der Waals surface area contributed by atoms with Crippen molar-refractivity contribution in [1.29, 1.82) is 0 Å². The lowest BCUT2D eigenvalue weighted by atomic mass is 9.90. The van der Waals surface area contributed by atoms with Crippen LogP contribution in [0.4, 0.5) is 0 Å². The van der Waals surface area contributed by atoms with E-state index in [-0.39, 0.29) is 0 Å². The van der Waals surface area contributed by atoms with Gasteiger partial charge in [0.15, 0.2) is 17.5 Å². The van der Waals surface area contributed by atoms with E-state index in [0.29, 0.717) is 17.5 Å². The fraction of sp³-hybridized carbons (Fsp3) is 0. The summed E-state index contributed by atoms with van der Waals surface area (Å²) in [5.74, 6) is 1.91. The van der Waals surface area contributed by atoms with Crippen molar-refractivity contribution in [1.82, 2.24) is 19.9 Å². The van der Waals surface area contributed by atoms with E-state index in [2.05, 4.69) is 138 Å². The molecule has 2 aromatic heterocycles. The summed E-state index contributed by atoms with van der Waals surface area (Å²) in [5.41, 5.74) is 8.39. The van der Waals surface area contributed by atoms with Gasteiger partial charge >= 0.3 is 0 Å². The fourth-order valence-electron chi connectivity index (χ4n) is 7.41. The highest BCUT2D eigenvalue weighted by Crippen LogP contribution is 2.39. The number of hydrogen-bond donors (Lipinski definition) is 0. The van der Waals surface area contributed by atoms with E-state index in [4.69, 9.17) is 15.0 Å². The predicted molar refractivity (Wildman–Crippen MR) is 215 cm³/mol. The summed E-state index contributed by atoms with van der Waals surface area (Å²) >= 11 is 0. The number of pyridine rings is 1. The second-order valence-electron chi connectivity index (χ2n) is 13.1. The van der Waals surface area contributed by atoms with E-state index in [0.717, 1.165) is 44.3 Å². The van der Waals surface area contributed by atoms with Crippen molar-refractivity contribution in [3.05, 3.63) is 182 Å². The Balaban J connectivity index is 1.06. The number of nitrogens with zero attached hydrogens (tertiary/aromatic N) is 4. The maximum atomic E-state index is 5.04. The average Bonchev–Trinajstić information content (AvgIpc) is 3.23. The van der Waals surface area contributed by atoms with Gasteiger partial charge in [0, 0.05) is 28.3 Å². The first kappa shape index (κ1) is 29.8. The van der Waals surface area contributed by atoms with Gasteiger partial charge in [0.25, 0.3) is 0 Å². The monoisotopic (exact) mass is 662 g/mol. The molecule has 242 valence electrons. The molecule has 0 amide bonds. The van der Waals surface area contributed by atoms with E-state index in [1.54, 1.807) is 0 Å². The van der Waals surface area contributed by atoms with E-state index in [9.17, 15) is 0 Å². The molecule has 52 heavy (non-hydrogen) atoms. The lowest BCUT2D eigenvalue weighted by Gasteiger charge is -2.14. The summed E-state index contributed by atoms with van der Waals surface area (Å²) in [6.07, 6.45) is 1.87. The highest BCUT2D eigenvalue weighted by atomic mass is 15.0. The first-order valence-electron chi connectivity index (χ1n) is 17.5. The van der Waals surface area contributed by atoms with Crippen LogP contribution in [0.1, 0.15) is 0 Å². The third-order valence-corrected chi connectivity index (χ3v) is 9.97. The van der Waals surface area contributed by atoms with E-state index < -0.39 is 0 Å². The van der Waals surface area contributed by atoms with Crippen molar-refractivity contribution in [3.63, 3.8) is 0 Å². The van der Waals surface area contributed by atoms with E-state index >= 15 is 0 Å². The van der Waals surface area contributed by atoms with Crippen LogP contribution in [0.3, 0.4) is 0 Å². The second-order valence-corrected chi connectivity index (χ2v) is 13.1. The number of fused-ring (bicyclic) bond motifs is 6. The van der Waals surface area contributed by atoms with Crippen LogP contribution in [-0.2, 0) is 0 Å². The molecule has 0 fully saturated rings. The Labute approximate surface area is 300 Å². The van der Waals surface area contributed by atoms with Crippen molar-refractivity contribution >= 4 is 43.2 Å². The van der Waals surface area contributed by atoms with Gasteiger partial charge in [-0.25, -0.2) is 15.0 Å². The molecule has 8 aromatic carbocycles. The molecule has 0 bridgehead atoms. The van der Waals surface area contributed by atoms with Crippen molar-refractivity contribution in [2.75, 3.05) is 0 Å². The van der Waals surface area contributed by atoms with Crippen LogP contribution in [0.2, 0.25) is 0 Å². The summed E-state index contributed by atoms with van der Waals surface area (Å²) in [5, 5.41) is 8.67. The summed E-state index contributed by atoms with van der Waals surface area (Å²) < 4.78 is 0. The molecular formula is C48H30N4. The van der Waals surface area contributed by atoms with Crippen molar-refractivity contribution in [3.8, 4) is 56.4 Å². The molecule has 0 radical (unpaired) electrons. The zero-order chi connectivity index (χ0) is 34.4. The molecule has 0 atom stereocenters. The lowest BCUT2D eigenvalue weighted by Crippen LogP contribution is -2.00. The maximum absolute atomic E-state index is 5.04. The molecule has 0 saturated heterocycles. The molecule has 0 aliphatic carbocycles. The molecule has 0 unspecified atom stereocenters. The average molecular weight is 663 g/mol. The van der Waals surface area contributed by atoms with Gasteiger partial charge in [-0.2, -0.15) is 0 Å². The third kappa shape index (κ3) is 5.17. The molecule has 0 aliphatic rings. The largest absolute Gasteiger partial charge is 0.256 e. The van der Waals surface area contributed by atoms with Gasteiger partial charge in [-0.3, -0.25) is 4.98 Å². The molecule has 0 N–H and O–H groups in total. The van der Waals surface area contributed by atoms with Gasteiger partial charge in [0.1, 0.15) is 0 Å². The standard InChI is InChI=1S/C48H30N4/c1-2-11-34(12-3-1)46-50-47(35-23-18-32(19-24-35)38-28-29-49-44-17-9-8-15-41(38)44)52-48(51-46)36-25-20-33(21-26-36)43-30-37-27-22-31-10-4-5-13-39(31)45(37)42-16-7-6-14-40(42)43/h1-30H. The topological polar surface area (TPSA) is 51.6 Å². The van der Waals surface area contributed by atoms with Crippen molar-refractivity contribution < 1.29 is 0 Å². The zero-order valence-corrected chi connectivity index (χ0v) is 28.1. The Kier molecular flexibility index (Phi) is 7.10.